The van der Waals surface area contributed by atoms with E-state index in [-0.39, 0.29) is 11.6 Å². The minimum atomic E-state index is -3.62. The molecule has 1 N–H and O–H groups in total. The van der Waals surface area contributed by atoms with Gasteiger partial charge in [-0.25, -0.2) is 13.1 Å². The van der Waals surface area contributed by atoms with Crippen LogP contribution >= 0.6 is 15.9 Å². The van der Waals surface area contributed by atoms with Gasteiger partial charge in [-0.15, -0.1) is 0 Å². The van der Waals surface area contributed by atoms with Gasteiger partial charge in [0, 0.05) is 31.6 Å². The van der Waals surface area contributed by atoms with E-state index in [0.717, 1.165) is 23.3 Å². The van der Waals surface area contributed by atoms with Crippen molar-refractivity contribution in [3.63, 3.8) is 0 Å². The fraction of sp³-hybridized carbons (Fsp3) is 0.308. The molecule has 21 heavy (non-hydrogen) atoms. The van der Waals surface area contributed by atoms with Crippen molar-refractivity contribution < 1.29 is 13.2 Å². The molecule has 3 rings (SSSR count). The first-order valence-corrected chi connectivity index (χ1v) is 8.68. The summed E-state index contributed by atoms with van der Waals surface area (Å²) in [5.74, 6) is 0.798. The van der Waals surface area contributed by atoms with Crippen LogP contribution in [-0.2, 0) is 30.0 Å². The molecule has 0 atom stereocenters. The second-order valence-electron chi connectivity index (χ2n) is 4.76. The highest BCUT2D eigenvalue weighted by atomic mass is 79.9. The fourth-order valence-electron chi connectivity index (χ4n) is 2.34. The number of ether oxygens (including phenoxy) is 1. The molecule has 0 saturated carbocycles. The number of rotatable bonds is 4. The minimum Gasteiger partial charge on any atom is -0.493 e. The van der Waals surface area contributed by atoms with Crippen molar-refractivity contribution in [3.05, 3.63) is 40.0 Å². The van der Waals surface area contributed by atoms with Crippen LogP contribution in [0.3, 0.4) is 0 Å². The van der Waals surface area contributed by atoms with Crippen LogP contribution in [0.5, 0.6) is 5.75 Å². The molecular weight excluding hydrogens is 358 g/mol. The molecule has 1 aromatic heterocycles. The van der Waals surface area contributed by atoms with Gasteiger partial charge in [0.25, 0.3) is 10.0 Å². The molecule has 1 aliphatic heterocycles. The number of fused-ring (bicyclic) bond motifs is 1. The van der Waals surface area contributed by atoms with Gasteiger partial charge in [0.05, 0.1) is 6.61 Å². The van der Waals surface area contributed by atoms with E-state index in [1.54, 1.807) is 7.05 Å². The molecule has 8 heteroatoms. The van der Waals surface area contributed by atoms with Gasteiger partial charge in [-0.3, -0.25) is 4.68 Å². The summed E-state index contributed by atoms with van der Waals surface area (Å²) in [6.07, 6.45) is 0.866. The standard InChI is InChI=1S/C13H14BrN3O3S/c1-17-12(7-11(14)16-17)21(18,19)15-8-10-4-2-3-9-5-6-20-13(9)10/h2-4,7,15H,5-6,8H2,1H3. The highest BCUT2D eigenvalue weighted by molar-refractivity contribution is 9.10. The lowest BCUT2D eigenvalue weighted by Crippen LogP contribution is -2.25. The summed E-state index contributed by atoms with van der Waals surface area (Å²) in [5, 5.41) is 4.09. The molecule has 0 unspecified atom stereocenters. The molecule has 112 valence electrons. The van der Waals surface area contributed by atoms with E-state index in [1.165, 1.54) is 10.7 Å². The topological polar surface area (TPSA) is 73.2 Å². The Morgan fingerprint density at radius 2 is 2.29 bits per heavy atom. The van der Waals surface area contributed by atoms with Crippen molar-refractivity contribution in [2.75, 3.05) is 6.61 Å². The maximum atomic E-state index is 12.3. The van der Waals surface area contributed by atoms with Gasteiger partial charge in [-0.1, -0.05) is 18.2 Å². The minimum absolute atomic E-state index is 0.114. The van der Waals surface area contributed by atoms with Crippen LogP contribution in [0.15, 0.2) is 33.9 Å². The third-order valence-electron chi connectivity index (χ3n) is 3.33. The van der Waals surface area contributed by atoms with Crippen molar-refractivity contribution in [3.8, 4) is 5.75 Å². The van der Waals surface area contributed by atoms with Crippen LogP contribution in [0.2, 0.25) is 0 Å². The van der Waals surface area contributed by atoms with Crippen molar-refractivity contribution in [1.29, 1.82) is 0 Å². The average Bonchev–Trinajstić information content (AvgIpc) is 3.03. The smallest absolute Gasteiger partial charge is 0.258 e. The van der Waals surface area contributed by atoms with E-state index in [4.69, 9.17) is 4.74 Å². The Kier molecular flexibility index (Phi) is 3.76. The van der Waals surface area contributed by atoms with E-state index in [0.29, 0.717) is 11.2 Å². The quantitative estimate of drug-likeness (QED) is 0.885. The second-order valence-corrected chi connectivity index (χ2v) is 7.28. The zero-order valence-electron chi connectivity index (χ0n) is 11.3. The molecular formula is C13H14BrN3O3S. The molecule has 0 bridgehead atoms. The number of hydrogen-bond acceptors (Lipinski definition) is 4. The van der Waals surface area contributed by atoms with Crippen LogP contribution < -0.4 is 9.46 Å². The van der Waals surface area contributed by atoms with E-state index in [1.807, 2.05) is 18.2 Å². The van der Waals surface area contributed by atoms with Crippen molar-refractivity contribution >= 4 is 26.0 Å². The Bertz CT molecular complexity index is 786. The van der Waals surface area contributed by atoms with E-state index < -0.39 is 10.0 Å². The maximum Gasteiger partial charge on any atom is 0.258 e. The molecule has 0 fully saturated rings. The number of benzene rings is 1. The summed E-state index contributed by atoms with van der Waals surface area (Å²) in [4.78, 5) is 0. The SMILES string of the molecule is Cn1nc(Br)cc1S(=O)(=O)NCc1cccc2c1OCC2. The summed E-state index contributed by atoms with van der Waals surface area (Å²) in [5.41, 5.74) is 1.96. The zero-order chi connectivity index (χ0) is 15.0. The first-order chi connectivity index (χ1) is 9.97. The summed E-state index contributed by atoms with van der Waals surface area (Å²) in [6.45, 7) is 0.835. The number of aryl methyl sites for hydroxylation is 1. The molecule has 6 nitrogen and oxygen atoms in total. The van der Waals surface area contributed by atoms with Gasteiger partial charge in [0.15, 0.2) is 5.03 Å². The summed E-state index contributed by atoms with van der Waals surface area (Å²) >= 11 is 3.17. The Labute approximate surface area is 131 Å². The molecule has 2 aromatic rings. The van der Waals surface area contributed by atoms with Gasteiger partial charge < -0.3 is 4.74 Å². The zero-order valence-corrected chi connectivity index (χ0v) is 13.7. The molecule has 2 heterocycles. The Morgan fingerprint density at radius 1 is 1.48 bits per heavy atom. The van der Waals surface area contributed by atoms with E-state index in [9.17, 15) is 8.42 Å². The predicted molar refractivity (Wildman–Crippen MR) is 80.6 cm³/mol. The molecule has 0 saturated heterocycles. The highest BCUT2D eigenvalue weighted by Gasteiger charge is 2.21. The molecule has 0 radical (unpaired) electrons. The van der Waals surface area contributed by atoms with Gasteiger partial charge in [-0.05, 0) is 21.5 Å². The van der Waals surface area contributed by atoms with E-state index in [2.05, 4.69) is 25.8 Å². The number of nitrogens with zero attached hydrogens (tertiary/aromatic N) is 2. The van der Waals surface area contributed by atoms with Crippen LogP contribution in [0, 0.1) is 0 Å². The van der Waals surface area contributed by atoms with Crippen LogP contribution in [-0.4, -0.2) is 24.8 Å². The van der Waals surface area contributed by atoms with Crippen LogP contribution in [0.4, 0.5) is 0 Å². The number of halogens is 1. The first-order valence-electron chi connectivity index (χ1n) is 6.40. The first kappa shape index (κ1) is 14.6. The van der Waals surface area contributed by atoms with Crippen molar-refractivity contribution in [2.24, 2.45) is 7.05 Å². The Balaban J connectivity index is 1.82. The third-order valence-corrected chi connectivity index (χ3v) is 5.18. The Hall–Kier alpha value is -1.38. The maximum absolute atomic E-state index is 12.3. The normalized spacial score (nSPS) is 14.0. The van der Waals surface area contributed by atoms with Crippen LogP contribution in [0.25, 0.3) is 0 Å². The molecule has 1 aromatic carbocycles. The van der Waals surface area contributed by atoms with Crippen LogP contribution in [0.1, 0.15) is 11.1 Å². The highest BCUT2D eigenvalue weighted by Crippen LogP contribution is 2.29. The lowest BCUT2D eigenvalue weighted by molar-refractivity contribution is 0.353. The summed E-state index contributed by atoms with van der Waals surface area (Å²) < 4.78 is 34.6. The predicted octanol–water partition coefficient (Wildman–Crippen LogP) is 1.60. The molecule has 1 aliphatic rings. The van der Waals surface area contributed by atoms with Gasteiger partial charge in [-0.2, -0.15) is 5.10 Å². The Morgan fingerprint density at radius 3 is 3.00 bits per heavy atom. The lowest BCUT2D eigenvalue weighted by Gasteiger charge is -2.10. The number of nitrogens with one attached hydrogen (secondary N) is 1. The summed E-state index contributed by atoms with van der Waals surface area (Å²) in [7, 11) is -2.03. The van der Waals surface area contributed by atoms with Crippen molar-refractivity contribution in [1.82, 2.24) is 14.5 Å². The van der Waals surface area contributed by atoms with Crippen molar-refractivity contribution in [2.45, 2.75) is 18.0 Å². The number of para-hydroxylation sites is 1. The third kappa shape index (κ3) is 2.83. The molecule has 0 aliphatic carbocycles. The van der Waals surface area contributed by atoms with E-state index >= 15 is 0 Å². The largest absolute Gasteiger partial charge is 0.493 e. The molecule has 0 amide bonds. The van der Waals surface area contributed by atoms with Gasteiger partial charge in [0.2, 0.25) is 0 Å². The molecule has 0 spiro atoms. The fourth-order valence-corrected chi connectivity index (χ4v) is 4.09. The summed E-state index contributed by atoms with van der Waals surface area (Å²) in [6, 6.07) is 7.25. The second kappa shape index (κ2) is 5.43. The number of sulfonamides is 1. The van der Waals surface area contributed by atoms with Gasteiger partial charge >= 0.3 is 0 Å². The lowest BCUT2D eigenvalue weighted by atomic mass is 10.1. The number of aromatic nitrogens is 2. The van der Waals surface area contributed by atoms with Gasteiger partial charge in [0.1, 0.15) is 10.4 Å². The monoisotopic (exact) mass is 371 g/mol. The number of hydrogen-bond donors (Lipinski definition) is 1. The average molecular weight is 372 g/mol.